The molecule has 0 atom stereocenters. The standard InChI is InChI=1S/C18H15ClO5/c1-2-23-18(22)17(21)11-16(20)12-3-7-14(8-4-12)24-15-9-5-13(19)6-10-15/h3-11,20H,2H2,1H3. The molecule has 124 valence electrons. The fourth-order valence-electron chi connectivity index (χ4n) is 1.80. The van der Waals surface area contributed by atoms with E-state index < -0.39 is 11.8 Å². The van der Waals surface area contributed by atoms with Gasteiger partial charge in [-0.15, -0.1) is 0 Å². The first-order valence-electron chi connectivity index (χ1n) is 7.15. The average molecular weight is 347 g/mol. The van der Waals surface area contributed by atoms with Gasteiger partial charge >= 0.3 is 5.97 Å². The molecule has 1 N–H and O–H groups in total. The molecular weight excluding hydrogens is 332 g/mol. The third kappa shape index (κ3) is 4.86. The molecule has 0 spiro atoms. The molecule has 0 radical (unpaired) electrons. The van der Waals surface area contributed by atoms with Crippen molar-refractivity contribution in [1.82, 2.24) is 0 Å². The molecule has 6 heteroatoms. The highest BCUT2D eigenvalue weighted by molar-refractivity contribution is 6.39. The molecule has 5 nitrogen and oxygen atoms in total. The minimum absolute atomic E-state index is 0.0932. The van der Waals surface area contributed by atoms with E-state index in [0.717, 1.165) is 6.08 Å². The minimum Gasteiger partial charge on any atom is -0.507 e. The lowest BCUT2D eigenvalue weighted by molar-refractivity contribution is -0.151. The van der Waals surface area contributed by atoms with Crippen molar-refractivity contribution in [3.05, 3.63) is 65.2 Å². The largest absolute Gasteiger partial charge is 0.507 e. The maximum absolute atomic E-state index is 11.5. The molecule has 0 saturated carbocycles. The third-order valence-corrected chi connectivity index (χ3v) is 3.20. The van der Waals surface area contributed by atoms with Crippen LogP contribution in [0.1, 0.15) is 12.5 Å². The first kappa shape index (κ1) is 17.6. The molecule has 0 unspecified atom stereocenters. The molecule has 2 rings (SSSR count). The molecule has 0 aliphatic heterocycles. The molecule has 0 bridgehead atoms. The lowest BCUT2D eigenvalue weighted by Crippen LogP contribution is -2.15. The highest BCUT2D eigenvalue weighted by Gasteiger charge is 2.13. The van der Waals surface area contributed by atoms with Gasteiger partial charge in [0.05, 0.1) is 6.61 Å². The summed E-state index contributed by atoms with van der Waals surface area (Å²) in [5.74, 6) is -1.09. The van der Waals surface area contributed by atoms with Crippen LogP contribution in [0.15, 0.2) is 54.6 Å². The van der Waals surface area contributed by atoms with E-state index >= 15 is 0 Å². The van der Waals surface area contributed by atoms with Crippen LogP contribution in [0.25, 0.3) is 5.76 Å². The minimum atomic E-state index is -1.01. The lowest BCUT2D eigenvalue weighted by Gasteiger charge is -2.07. The number of ketones is 1. The number of rotatable bonds is 6. The van der Waals surface area contributed by atoms with Crippen LogP contribution in [0.3, 0.4) is 0 Å². The van der Waals surface area contributed by atoms with E-state index in [0.29, 0.717) is 22.1 Å². The molecule has 2 aromatic carbocycles. The van der Waals surface area contributed by atoms with Gasteiger partial charge in [-0.2, -0.15) is 0 Å². The van der Waals surface area contributed by atoms with E-state index in [1.807, 2.05) is 0 Å². The van der Waals surface area contributed by atoms with Crippen molar-refractivity contribution < 1.29 is 24.2 Å². The quantitative estimate of drug-likeness (QED) is 0.368. The number of aliphatic hydroxyl groups is 1. The molecule has 2 aromatic rings. The third-order valence-electron chi connectivity index (χ3n) is 2.94. The summed E-state index contributed by atoms with van der Waals surface area (Å²) in [6.07, 6.45) is 0.826. The van der Waals surface area contributed by atoms with Crippen LogP contribution in [0.4, 0.5) is 0 Å². The van der Waals surface area contributed by atoms with Crippen molar-refractivity contribution in [1.29, 1.82) is 0 Å². The molecule has 0 aromatic heterocycles. The van der Waals surface area contributed by atoms with Gasteiger partial charge in [0, 0.05) is 16.7 Å². The summed E-state index contributed by atoms with van der Waals surface area (Å²) in [7, 11) is 0. The number of halogens is 1. The zero-order chi connectivity index (χ0) is 17.5. The van der Waals surface area contributed by atoms with Crippen LogP contribution in [-0.2, 0) is 14.3 Å². The fraction of sp³-hybridized carbons (Fsp3) is 0.111. The Balaban J connectivity index is 2.06. The maximum Gasteiger partial charge on any atom is 0.379 e. The second kappa shape index (κ2) is 8.17. The van der Waals surface area contributed by atoms with Crippen molar-refractivity contribution in [2.24, 2.45) is 0 Å². The molecule has 0 saturated heterocycles. The van der Waals surface area contributed by atoms with E-state index in [2.05, 4.69) is 4.74 Å². The van der Waals surface area contributed by atoms with E-state index in [1.165, 1.54) is 0 Å². The van der Waals surface area contributed by atoms with Crippen molar-refractivity contribution in [2.45, 2.75) is 6.92 Å². The van der Waals surface area contributed by atoms with Gasteiger partial charge in [0.25, 0.3) is 5.78 Å². The van der Waals surface area contributed by atoms with Crippen molar-refractivity contribution >= 4 is 29.1 Å². The summed E-state index contributed by atoms with van der Waals surface area (Å²) in [4.78, 5) is 22.7. The molecule has 0 aliphatic carbocycles. The van der Waals surface area contributed by atoms with Crippen LogP contribution in [0, 0.1) is 0 Å². The molecule has 0 heterocycles. The van der Waals surface area contributed by atoms with Crippen molar-refractivity contribution in [2.75, 3.05) is 6.61 Å². The zero-order valence-corrected chi connectivity index (χ0v) is 13.6. The molecule has 0 aliphatic rings. The number of hydrogen-bond donors (Lipinski definition) is 1. The normalized spacial score (nSPS) is 11.0. The number of carbonyl (C=O) groups is 2. The Kier molecular flexibility index (Phi) is 5.98. The number of aliphatic hydroxyl groups excluding tert-OH is 1. The Hall–Kier alpha value is -2.79. The SMILES string of the molecule is CCOC(=O)C(=O)C=C(O)c1ccc(Oc2ccc(Cl)cc2)cc1. The van der Waals surface area contributed by atoms with Crippen molar-refractivity contribution in [3.63, 3.8) is 0 Å². The van der Waals surface area contributed by atoms with Gasteiger partial charge in [0.15, 0.2) is 0 Å². The highest BCUT2D eigenvalue weighted by atomic mass is 35.5. The van der Waals surface area contributed by atoms with Gasteiger partial charge in [0.2, 0.25) is 0 Å². The molecule has 0 amide bonds. The van der Waals surface area contributed by atoms with Gasteiger partial charge < -0.3 is 14.6 Å². The van der Waals surface area contributed by atoms with Gasteiger partial charge in [-0.1, -0.05) is 11.6 Å². The number of hydrogen-bond acceptors (Lipinski definition) is 5. The van der Waals surface area contributed by atoms with Crippen LogP contribution < -0.4 is 4.74 Å². The predicted octanol–water partition coefficient (Wildman–Crippen LogP) is 4.16. The second-order valence-corrected chi connectivity index (χ2v) is 5.13. The number of esters is 1. The average Bonchev–Trinajstić information content (AvgIpc) is 2.57. The van der Waals surface area contributed by atoms with E-state index in [9.17, 15) is 14.7 Å². The second-order valence-electron chi connectivity index (χ2n) is 4.69. The highest BCUT2D eigenvalue weighted by Crippen LogP contribution is 2.24. The van der Waals surface area contributed by atoms with E-state index in [4.69, 9.17) is 16.3 Å². The first-order valence-corrected chi connectivity index (χ1v) is 7.53. The van der Waals surface area contributed by atoms with Gasteiger partial charge in [-0.25, -0.2) is 4.79 Å². The molecule has 24 heavy (non-hydrogen) atoms. The number of carbonyl (C=O) groups excluding carboxylic acids is 2. The lowest BCUT2D eigenvalue weighted by atomic mass is 10.1. The topological polar surface area (TPSA) is 72.8 Å². The fourth-order valence-corrected chi connectivity index (χ4v) is 1.93. The summed E-state index contributed by atoms with van der Waals surface area (Å²) < 4.78 is 10.2. The monoisotopic (exact) mass is 346 g/mol. The van der Waals surface area contributed by atoms with Crippen LogP contribution in [0.2, 0.25) is 5.02 Å². The van der Waals surface area contributed by atoms with E-state index in [1.54, 1.807) is 55.5 Å². The Bertz CT molecular complexity index is 748. The Morgan fingerprint density at radius 3 is 2.12 bits per heavy atom. The first-order chi connectivity index (χ1) is 11.5. The van der Waals surface area contributed by atoms with Gasteiger partial charge in [-0.05, 0) is 55.5 Å². The maximum atomic E-state index is 11.5. The van der Waals surface area contributed by atoms with Crippen molar-refractivity contribution in [3.8, 4) is 11.5 Å². The van der Waals surface area contributed by atoms with Gasteiger partial charge in [0.1, 0.15) is 17.3 Å². The van der Waals surface area contributed by atoms with E-state index in [-0.39, 0.29) is 12.4 Å². The smallest absolute Gasteiger partial charge is 0.379 e. The number of benzene rings is 2. The zero-order valence-electron chi connectivity index (χ0n) is 12.9. The molecule has 0 fully saturated rings. The Morgan fingerprint density at radius 2 is 1.58 bits per heavy atom. The summed E-state index contributed by atoms with van der Waals surface area (Å²) in [6, 6.07) is 13.3. The Morgan fingerprint density at radius 1 is 1.04 bits per heavy atom. The van der Waals surface area contributed by atoms with Crippen LogP contribution in [-0.4, -0.2) is 23.5 Å². The molecular formula is C18H15ClO5. The number of ether oxygens (including phenoxy) is 2. The summed E-state index contributed by atoms with van der Waals surface area (Å²) >= 11 is 5.80. The Labute approximate surface area is 144 Å². The van der Waals surface area contributed by atoms with Crippen LogP contribution in [0.5, 0.6) is 11.5 Å². The summed E-state index contributed by atoms with van der Waals surface area (Å²) in [5.41, 5.74) is 0.371. The summed E-state index contributed by atoms with van der Waals surface area (Å²) in [5, 5.41) is 10.5. The summed E-state index contributed by atoms with van der Waals surface area (Å²) in [6.45, 7) is 1.68. The predicted molar refractivity (Wildman–Crippen MR) is 90.2 cm³/mol. The van der Waals surface area contributed by atoms with Crippen LogP contribution >= 0.6 is 11.6 Å². The van der Waals surface area contributed by atoms with Gasteiger partial charge in [-0.3, -0.25) is 4.79 Å².